The van der Waals surface area contributed by atoms with E-state index < -0.39 is 5.97 Å². The highest BCUT2D eigenvalue weighted by Crippen LogP contribution is 2.18. The molecule has 0 saturated heterocycles. The molecule has 2 aromatic rings. The van der Waals surface area contributed by atoms with Gasteiger partial charge in [-0.25, -0.2) is 0 Å². The van der Waals surface area contributed by atoms with Crippen LogP contribution >= 0.6 is 22.9 Å². The molecule has 0 bridgehead atoms. The van der Waals surface area contributed by atoms with Gasteiger partial charge in [-0.15, -0.1) is 11.3 Å². The van der Waals surface area contributed by atoms with Crippen molar-refractivity contribution in [3.05, 3.63) is 51.2 Å². The molecule has 0 fully saturated rings. The molecule has 4 nitrogen and oxygen atoms in total. The SMILES string of the molecule is Cc1ccc(C(=O)CCC(=O)OCCOc2cccc(Cl)c2)s1. The maximum Gasteiger partial charge on any atom is 0.306 e. The van der Waals surface area contributed by atoms with Crippen LogP contribution in [0.5, 0.6) is 5.75 Å². The molecule has 0 unspecified atom stereocenters. The minimum Gasteiger partial charge on any atom is -0.490 e. The number of benzene rings is 1. The van der Waals surface area contributed by atoms with Crippen LogP contribution in [0.4, 0.5) is 0 Å². The van der Waals surface area contributed by atoms with Gasteiger partial charge < -0.3 is 9.47 Å². The Hall–Kier alpha value is -1.85. The van der Waals surface area contributed by atoms with Crippen molar-refractivity contribution in [3.8, 4) is 5.75 Å². The largest absolute Gasteiger partial charge is 0.490 e. The normalized spacial score (nSPS) is 10.3. The number of ether oxygens (including phenoxy) is 2. The fourth-order valence-electron chi connectivity index (χ4n) is 1.87. The zero-order chi connectivity index (χ0) is 16.7. The number of thiophene rings is 1. The van der Waals surface area contributed by atoms with Crippen LogP contribution in [0.2, 0.25) is 5.02 Å². The van der Waals surface area contributed by atoms with Crippen LogP contribution in [0.15, 0.2) is 36.4 Å². The molecule has 23 heavy (non-hydrogen) atoms. The second-order valence-electron chi connectivity index (χ2n) is 4.86. The monoisotopic (exact) mass is 352 g/mol. The van der Waals surface area contributed by atoms with E-state index in [1.807, 2.05) is 13.0 Å². The summed E-state index contributed by atoms with van der Waals surface area (Å²) in [5, 5.41) is 0.585. The summed E-state index contributed by atoms with van der Waals surface area (Å²) in [7, 11) is 0. The highest BCUT2D eigenvalue weighted by atomic mass is 35.5. The first-order chi connectivity index (χ1) is 11.0. The molecular formula is C17H17ClO4S. The molecule has 0 aliphatic heterocycles. The van der Waals surface area contributed by atoms with Gasteiger partial charge in [-0.3, -0.25) is 9.59 Å². The summed E-state index contributed by atoms with van der Waals surface area (Å²) in [5.74, 6) is 0.188. The second-order valence-corrected chi connectivity index (χ2v) is 6.58. The third-order valence-electron chi connectivity index (χ3n) is 2.98. The van der Waals surface area contributed by atoms with Crippen LogP contribution in [0.1, 0.15) is 27.4 Å². The molecule has 122 valence electrons. The summed E-state index contributed by atoms with van der Waals surface area (Å²) in [6.07, 6.45) is 0.237. The molecule has 0 spiro atoms. The van der Waals surface area contributed by atoms with Crippen molar-refractivity contribution >= 4 is 34.7 Å². The Morgan fingerprint density at radius 2 is 1.96 bits per heavy atom. The number of Topliss-reactive ketones (excluding diaryl/α,β-unsaturated/α-hetero) is 1. The topological polar surface area (TPSA) is 52.6 Å². The van der Waals surface area contributed by atoms with E-state index in [1.54, 1.807) is 30.3 Å². The van der Waals surface area contributed by atoms with E-state index in [4.69, 9.17) is 21.1 Å². The number of carbonyl (C=O) groups is 2. The first-order valence-corrected chi connectivity index (χ1v) is 8.37. The van der Waals surface area contributed by atoms with Crippen molar-refractivity contribution in [1.82, 2.24) is 0 Å². The van der Waals surface area contributed by atoms with Crippen molar-refractivity contribution in [2.45, 2.75) is 19.8 Å². The van der Waals surface area contributed by atoms with Gasteiger partial charge >= 0.3 is 5.97 Å². The van der Waals surface area contributed by atoms with Gasteiger partial charge in [0.05, 0.1) is 11.3 Å². The minimum absolute atomic E-state index is 0.0322. The molecular weight excluding hydrogens is 336 g/mol. The number of hydrogen-bond acceptors (Lipinski definition) is 5. The van der Waals surface area contributed by atoms with E-state index in [0.29, 0.717) is 15.6 Å². The zero-order valence-corrected chi connectivity index (χ0v) is 14.3. The van der Waals surface area contributed by atoms with Crippen LogP contribution in [-0.2, 0) is 9.53 Å². The lowest BCUT2D eigenvalue weighted by molar-refractivity contribution is -0.144. The Bertz CT molecular complexity index is 681. The van der Waals surface area contributed by atoms with Crippen LogP contribution in [0.3, 0.4) is 0 Å². The van der Waals surface area contributed by atoms with Crippen molar-refractivity contribution in [3.63, 3.8) is 0 Å². The van der Waals surface area contributed by atoms with E-state index in [0.717, 1.165) is 4.88 Å². The number of halogens is 1. The summed E-state index contributed by atoms with van der Waals surface area (Å²) >= 11 is 7.27. The third-order valence-corrected chi connectivity index (χ3v) is 4.26. The molecule has 2 rings (SSSR count). The number of carbonyl (C=O) groups excluding carboxylic acids is 2. The van der Waals surface area contributed by atoms with Gasteiger partial charge in [0.25, 0.3) is 0 Å². The van der Waals surface area contributed by atoms with Crippen LogP contribution in [0.25, 0.3) is 0 Å². The van der Waals surface area contributed by atoms with Gasteiger partial charge in [-0.2, -0.15) is 0 Å². The molecule has 0 amide bonds. The Labute approximate surface area is 144 Å². The molecule has 0 atom stereocenters. The van der Waals surface area contributed by atoms with E-state index in [1.165, 1.54) is 11.3 Å². The summed E-state index contributed by atoms with van der Waals surface area (Å²) in [4.78, 5) is 25.2. The molecule has 1 aromatic heterocycles. The lowest BCUT2D eigenvalue weighted by Crippen LogP contribution is -2.13. The second kappa shape index (κ2) is 8.70. The Morgan fingerprint density at radius 1 is 1.13 bits per heavy atom. The van der Waals surface area contributed by atoms with Gasteiger partial charge in [0.1, 0.15) is 19.0 Å². The average molecular weight is 353 g/mol. The number of aryl methyl sites for hydroxylation is 1. The lowest BCUT2D eigenvalue weighted by atomic mass is 10.2. The molecule has 0 aliphatic rings. The quantitative estimate of drug-likeness (QED) is 0.404. The molecule has 1 heterocycles. The van der Waals surface area contributed by atoms with Crippen LogP contribution in [0, 0.1) is 6.92 Å². The predicted molar refractivity (Wildman–Crippen MR) is 90.5 cm³/mol. The Kier molecular flexibility index (Phi) is 6.62. The first-order valence-electron chi connectivity index (χ1n) is 7.18. The summed E-state index contributed by atoms with van der Waals surface area (Å²) in [6, 6.07) is 10.7. The average Bonchev–Trinajstić information content (AvgIpc) is 2.96. The zero-order valence-electron chi connectivity index (χ0n) is 12.7. The number of hydrogen-bond donors (Lipinski definition) is 0. The van der Waals surface area contributed by atoms with Gasteiger partial charge in [0.2, 0.25) is 0 Å². The number of rotatable bonds is 8. The Balaban J connectivity index is 1.62. The summed E-state index contributed by atoms with van der Waals surface area (Å²) in [6.45, 7) is 2.32. The van der Waals surface area contributed by atoms with Gasteiger partial charge in [0.15, 0.2) is 5.78 Å². The maximum atomic E-state index is 11.9. The van der Waals surface area contributed by atoms with Crippen molar-refractivity contribution in [2.75, 3.05) is 13.2 Å². The standard InChI is InChI=1S/C17H17ClO4S/c1-12-5-7-16(23-12)15(19)6-8-17(20)22-10-9-21-14-4-2-3-13(18)11-14/h2-5,7,11H,6,8-10H2,1H3. The third kappa shape index (κ3) is 6.04. The van der Waals surface area contributed by atoms with Crippen molar-refractivity contribution < 1.29 is 19.1 Å². The van der Waals surface area contributed by atoms with E-state index in [9.17, 15) is 9.59 Å². The van der Waals surface area contributed by atoms with Gasteiger partial charge in [0, 0.05) is 16.3 Å². The maximum absolute atomic E-state index is 11.9. The van der Waals surface area contributed by atoms with E-state index in [2.05, 4.69) is 0 Å². The highest BCUT2D eigenvalue weighted by Gasteiger charge is 2.11. The molecule has 0 aliphatic carbocycles. The molecule has 0 saturated carbocycles. The van der Waals surface area contributed by atoms with Crippen LogP contribution in [-0.4, -0.2) is 25.0 Å². The summed E-state index contributed by atoms with van der Waals surface area (Å²) < 4.78 is 10.4. The van der Waals surface area contributed by atoms with Gasteiger partial charge in [-0.1, -0.05) is 17.7 Å². The fraction of sp³-hybridized carbons (Fsp3) is 0.294. The smallest absolute Gasteiger partial charge is 0.306 e. The number of ketones is 1. The summed E-state index contributed by atoms with van der Waals surface area (Å²) in [5.41, 5.74) is 0. The Morgan fingerprint density at radius 3 is 2.65 bits per heavy atom. The van der Waals surface area contributed by atoms with Crippen LogP contribution < -0.4 is 4.74 Å². The predicted octanol–water partition coefficient (Wildman–Crippen LogP) is 4.30. The van der Waals surface area contributed by atoms with Crippen molar-refractivity contribution in [1.29, 1.82) is 0 Å². The molecule has 0 N–H and O–H groups in total. The van der Waals surface area contributed by atoms with Crippen molar-refractivity contribution in [2.24, 2.45) is 0 Å². The molecule has 0 radical (unpaired) electrons. The van der Waals surface area contributed by atoms with Gasteiger partial charge in [-0.05, 0) is 37.3 Å². The molecule has 1 aromatic carbocycles. The first kappa shape index (κ1) is 17.5. The minimum atomic E-state index is -0.402. The fourth-order valence-corrected chi connectivity index (χ4v) is 2.88. The number of esters is 1. The van der Waals surface area contributed by atoms with E-state index in [-0.39, 0.29) is 31.8 Å². The lowest BCUT2D eigenvalue weighted by Gasteiger charge is -2.07. The highest BCUT2D eigenvalue weighted by molar-refractivity contribution is 7.14. The van der Waals surface area contributed by atoms with E-state index >= 15 is 0 Å². The molecule has 6 heteroatoms.